The SMILES string of the molecule is CN(C)CCC[C@](O)(c1ccc(F)cc1)c1c(C#N)cccc1COC(=O)C(C)(C)C. The second-order valence-corrected chi connectivity index (χ2v) is 9.05. The molecule has 0 radical (unpaired) electrons. The van der Waals surface area contributed by atoms with Crippen LogP contribution in [-0.2, 0) is 21.7 Å². The lowest BCUT2D eigenvalue weighted by Crippen LogP contribution is -2.32. The molecular formula is C25H31FN2O3. The number of hydrogen-bond acceptors (Lipinski definition) is 5. The highest BCUT2D eigenvalue weighted by Crippen LogP contribution is 2.39. The van der Waals surface area contributed by atoms with Crippen molar-refractivity contribution in [3.63, 3.8) is 0 Å². The van der Waals surface area contributed by atoms with Gasteiger partial charge in [0, 0.05) is 5.56 Å². The maximum absolute atomic E-state index is 13.6. The number of nitriles is 1. The van der Waals surface area contributed by atoms with Crippen LogP contribution >= 0.6 is 0 Å². The molecule has 0 bridgehead atoms. The van der Waals surface area contributed by atoms with Crippen molar-refractivity contribution in [1.82, 2.24) is 4.90 Å². The zero-order chi connectivity index (χ0) is 23.2. The molecule has 0 unspecified atom stereocenters. The summed E-state index contributed by atoms with van der Waals surface area (Å²) in [5.74, 6) is -0.786. The van der Waals surface area contributed by atoms with Crippen molar-refractivity contribution in [1.29, 1.82) is 5.26 Å². The molecule has 0 aromatic heterocycles. The number of halogens is 1. The third kappa shape index (κ3) is 6.13. The Hall–Kier alpha value is -2.75. The van der Waals surface area contributed by atoms with Gasteiger partial charge in [-0.1, -0.05) is 24.3 Å². The van der Waals surface area contributed by atoms with Crippen LogP contribution in [0.3, 0.4) is 0 Å². The maximum atomic E-state index is 13.6. The Labute approximate surface area is 184 Å². The third-order valence-electron chi connectivity index (χ3n) is 5.12. The molecule has 6 heteroatoms. The summed E-state index contributed by atoms with van der Waals surface area (Å²) in [4.78, 5) is 14.3. The molecule has 2 aromatic carbocycles. The molecule has 2 aromatic rings. The number of carbonyl (C=O) groups excluding carboxylic acids is 1. The minimum absolute atomic E-state index is 0.0713. The second kappa shape index (κ2) is 10.0. The van der Waals surface area contributed by atoms with E-state index in [0.29, 0.717) is 35.1 Å². The van der Waals surface area contributed by atoms with Gasteiger partial charge in [0.1, 0.15) is 18.0 Å². The van der Waals surface area contributed by atoms with Crippen LogP contribution in [-0.4, -0.2) is 36.6 Å². The summed E-state index contributed by atoms with van der Waals surface area (Å²) in [5.41, 5.74) is -0.497. The van der Waals surface area contributed by atoms with E-state index in [9.17, 15) is 19.6 Å². The predicted octanol–water partition coefficient (Wildman–Crippen LogP) is 4.36. The summed E-state index contributed by atoms with van der Waals surface area (Å²) in [7, 11) is 3.88. The van der Waals surface area contributed by atoms with Crippen molar-refractivity contribution in [2.24, 2.45) is 5.41 Å². The molecule has 1 N–H and O–H groups in total. The van der Waals surface area contributed by atoms with E-state index in [1.807, 2.05) is 19.0 Å². The van der Waals surface area contributed by atoms with Gasteiger partial charge < -0.3 is 14.7 Å². The van der Waals surface area contributed by atoms with Crippen LogP contribution in [0.15, 0.2) is 42.5 Å². The number of ether oxygens (including phenoxy) is 1. The van der Waals surface area contributed by atoms with Gasteiger partial charge in [-0.25, -0.2) is 4.39 Å². The van der Waals surface area contributed by atoms with E-state index in [1.54, 1.807) is 39.0 Å². The molecule has 0 aliphatic carbocycles. The molecule has 1 atom stereocenters. The molecule has 0 amide bonds. The first-order valence-corrected chi connectivity index (χ1v) is 10.3. The highest BCUT2D eigenvalue weighted by Gasteiger charge is 2.36. The number of esters is 1. The Bertz CT molecular complexity index is 943. The topological polar surface area (TPSA) is 73.6 Å². The highest BCUT2D eigenvalue weighted by atomic mass is 19.1. The van der Waals surface area contributed by atoms with Gasteiger partial charge >= 0.3 is 5.97 Å². The smallest absolute Gasteiger partial charge is 0.311 e. The molecular weight excluding hydrogens is 395 g/mol. The average Bonchev–Trinajstić information content (AvgIpc) is 2.70. The van der Waals surface area contributed by atoms with Gasteiger partial charge in [-0.3, -0.25) is 4.79 Å². The van der Waals surface area contributed by atoms with E-state index in [1.165, 1.54) is 24.3 Å². The summed E-state index contributed by atoms with van der Waals surface area (Å²) in [5, 5.41) is 21.7. The molecule has 0 heterocycles. The fourth-order valence-corrected chi connectivity index (χ4v) is 3.45. The second-order valence-electron chi connectivity index (χ2n) is 9.05. The van der Waals surface area contributed by atoms with Crippen LogP contribution in [0.2, 0.25) is 0 Å². The Morgan fingerprint density at radius 2 is 1.81 bits per heavy atom. The van der Waals surface area contributed by atoms with Crippen LogP contribution in [0.25, 0.3) is 0 Å². The molecule has 31 heavy (non-hydrogen) atoms. The Kier molecular flexibility index (Phi) is 7.94. The summed E-state index contributed by atoms with van der Waals surface area (Å²) >= 11 is 0. The number of aliphatic hydroxyl groups is 1. The van der Waals surface area contributed by atoms with Crippen LogP contribution in [0, 0.1) is 22.6 Å². The standard InChI is InChI=1S/C25H31FN2O3/c1-24(2,3)23(29)31-17-19-9-6-8-18(16-27)22(19)25(30,14-7-15-28(4)5)20-10-12-21(26)13-11-20/h6,8-13,30H,7,14-15,17H2,1-5H3/t25-/m0/s1. The average molecular weight is 427 g/mol. The Morgan fingerprint density at radius 3 is 2.35 bits per heavy atom. The minimum atomic E-state index is -1.54. The quantitative estimate of drug-likeness (QED) is 0.635. The van der Waals surface area contributed by atoms with Gasteiger partial charge in [0.15, 0.2) is 0 Å². The first kappa shape index (κ1) is 24.5. The molecule has 0 saturated carbocycles. The summed E-state index contributed by atoms with van der Waals surface area (Å²) in [6, 6.07) is 12.9. The molecule has 5 nitrogen and oxygen atoms in total. The summed E-state index contributed by atoms with van der Waals surface area (Å²) in [6.07, 6.45) is 0.956. The van der Waals surface area contributed by atoms with E-state index >= 15 is 0 Å². The van der Waals surface area contributed by atoms with Gasteiger partial charge in [0.2, 0.25) is 0 Å². The van der Waals surface area contributed by atoms with Crippen molar-refractivity contribution in [3.8, 4) is 6.07 Å². The largest absolute Gasteiger partial charge is 0.460 e. The van der Waals surface area contributed by atoms with Crippen molar-refractivity contribution in [3.05, 3.63) is 70.5 Å². The van der Waals surface area contributed by atoms with E-state index in [0.717, 1.165) is 6.54 Å². The van der Waals surface area contributed by atoms with Gasteiger partial charge in [-0.05, 0) is 83.6 Å². The summed E-state index contributed by atoms with van der Waals surface area (Å²) < 4.78 is 19.1. The Balaban J connectivity index is 2.56. The molecule has 0 aliphatic heterocycles. The first-order valence-electron chi connectivity index (χ1n) is 10.3. The molecule has 2 rings (SSSR count). The lowest BCUT2D eigenvalue weighted by Gasteiger charge is -2.33. The lowest BCUT2D eigenvalue weighted by atomic mass is 9.78. The normalized spacial score (nSPS) is 13.5. The van der Waals surface area contributed by atoms with E-state index in [2.05, 4.69) is 6.07 Å². The van der Waals surface area contributed by atoms with Crippen molar-refractivity contribution in [2.45, 2.75) is 45.8 Å². The van der Waals surface area contributed by atoms with E-state index in [4.69, 9.17) is 4.74 Å². The molecule has 166 valence electrons. The van der Waals surface area contributed by atoms with Gasteiger partial charge in [0.05, 0.1) is 17.0 Å². The van der Waals surface area contributed by atoms with Crippen LogP contribution < -0.4 is 0 Å². The molecule has 0 spiro atoms. The highest BCUT2D eigenvalue weighted by molar-refractivity contribution is 5.75. The van der Waals surface area contributed by atoms with Crippen molar-refractivity contribution in [2.75, 3.05) is 20.6 Å². The zero-order valence-corrected chi connectivity index (χ0v) is 18.9. The van der Waals surface area contributed by atoms with Crippen LogP contribution in [0.4, 0.5) is 4.39 Å². The molecule has 0 saturated heterocycles. The lowest BCUT2D eigenvalue weighted by molar-refractivity contribution is -0.154. The van der Waals surface area contributed by atoms with Gasteiger partial charge in [-0.2, -0.15) is 5.26 Å². The monoisotopic (exact) mass is 426 g/mol. The Morgan fingerprint density at radius 1 is 1.16 bits per heavy atom. The minimum Gasteiger partial charge on any atom is -0.460 e. The van der Waals surface area contributed by atoms with Gasteiger partial charge in [-0.15, -0.1) is 0 Å². The number of rotatable bonds is 8. The zero-order valence-electron chi connectivity index (χ0n) is 18.9. The van der Waals surface area contributed by atoms with Crippen LogP contribution in [0.5, 0.6) is 0 Å². The molecule has 0 fully saturated rings. The number of carbonyl (C=O) groups is 1. The molecule has 0 aliphatic rings. The predicted molar refractivity (Wildman–Crippen MR) is 118 cm³/mol. The van der Waals surface area contributed by atoms with Gasteiger partial charge in [0.25, 0.3) is 0 Å². The van der Waals surface area contributed by atoms with Crippen molar-refractivity contribution >= 4 is 5.97 Å². The fraction of sp³-hybridized carbons (Fsp3) is 0.440. The van der Waals surface area contributed by atoms with E-state index < -0.39 is 16.8 Å². The number of hydrogen-bond donors (Lipinski definition) is 1. The van der Waals surface area contributed by atoms with Crippen LogP contribution in [0.1, 0.15) is 55.9 Å². The van der Waals surface area contributed by atoms with E-state index in [-0.39, 0.29) is 12.6 Å². The van der Waals surface area contributed by atoms with Crippen molar-refractivity contribution < 1.29 is 19.0 Å². The number of benzene rings is 2. The fourth-order valence-electron chi connectivity index (χ4n) is 3.45. The maximum Gasteiger partial charge on any atom is 0.311 e. The third-order valence-corrected chi connectivity index (χ3v) is 5.12. The first-order chi connectivity index (χ1) is 14.5. The summed E-state index contributed by atoms with van der Waals surface area (Å²) in [6.45, 7) is 5.94. The number of nitrogens with zero attached hydrogens (tertiary/aromatic N) is 2.